The van der Waals surface area contributed by atoms with Crippen molar-refractivity contribution in [2.45, 2.75) is 18.7 Å². The summed E-state index contributed by atoms with van der Waals surface area (Å²) < 4.78 is 25.7. The highest BCUT2D eigenvalue weighted by atomic mass is 79.9. The van der Waals surface area contributed by atoms with E-state index in [4.69, 9.17) is 0 Å². The average Bonchev–Trinajstić information content (AvgIpc) is 2.61. The Kier molecular flexibility index (Phi) is 7.45. The molecule has 1 fully saturated rings. The summed E-state index contributed by atoms with van der Waals surface area (Å²) >= 11 is 3.30. The van der Waals surface area contributed by atoms with Crippen LogP contribution in [0.1, 0.15) is 13.8 Å². The van der Waals surface area contributed by atoms with Gasteiger partial charge in [0, 0.05) is 44.1 Å². The molecule has 1 saturated heterocycles. The van der Waals surface area contributed by atoms with Crippen molar-refractivity contribution in [3.8, 4) is 0 Å². The van der Waals surface area contributed by atoms with E-state index in [0.717, 1.165) is 4.47 Å². The number of guanidine groups is 1. The fraction of sp³-hybridized carbons (Fsp3) is 0.529. The molecule has 7 nitrogen and oxygen atoms in total. The van der Waals surface area contributed by atoms with Crippen LogP contribution in [-0.4, -0.2) is 75.1 Å². The fourth-order valence-electron chi connectivity index (χ4n) is 2.69. The molecule has 1 N–H and O–H groups in total. The number of piperazine rings is 1. The number of carbonyl (C=O) groups is 1. The maximum atomic E-state index is 12.4. The first-order chi connectivity index (χ1) is 12.3. The van der Waals surface area contributed by atoms with Crippen LogP contribution in [0, 0.1) is 0 Å². The van der Waals surface area contributed by atoms with Gasteiger partial charge in [0.1, 0.15) is 0 Å². The lowest BCUT2D eigenvalue weighted by Gasteiger charge is -2.36. The van der Waals surface area contributed by atoms with Crippen LogP contribution < -0.4 is 5.32 Å². The second-order valence-electron chi connectivity index (χ2n) is 6.00. The molecule has 0 aromatic heterocycles. The smallest absolute Gasteiger partial charge is 0.219 e. The lowest BCUT2D eigenvalue weighted by atomic mass is 10.3. The zero-order chi connectivity index (χ0) is 19.2. The molecule has 1 aliphatic heterocycles. The molecule has 9 heteroatoms. The lowest BCUT2D eigenvalue weighted by molar-refractivity contribution is -0.130. The largest absolute Gasteiger partial charge is 0.357 e. The van der Waals surface area contributed by atoms with E-state index in [2.05, 4.69) is 31.1 Å². The molecule has 0 unspecified atom stereocenters. The summed E-state index contributed by atoms with van der Waals surface area (Å²) in [7, 11) is -3.37. The second kappa shape index (κ2) is 9.36. The van der Waals surface area contributed by atoms with Crippen molar-refractivity contribution in [1.29, 1.82) is 0 Å². The number of rotatable bonds is 5. The van der Waals surface area contributed by atoms with E-state index in [1.165, 1.54) is 0 Å². The van der Waals surface area contributed by atoms with Crippen LogP contribution in [0.25, 0.3) is 0 Å². The molecule has 0 radical (unpaired) electrons. The van der Waals surface area contributed by atoms with Gasteiger partial charge in [-0.15, -0.1) is 0 Å². The number of nitrogens with one attached hydrogen (secondary N) is 1. The summed E-state index contributed by atoms with van der Waals surface area (Å²) in [5.74, 6) is 0.727. The van der Waals surface area contributed by atoms with E-state index in [1.807, 2.05) is 6.92 Å². The number of carbonyl (C=O) groups excluding carboxylic acids is 1. The quantitative estimate of drug-likeness (QED) is 0.547. The third-order valence-corrected chi connectivity index (χ3v) is 6.39. The van der Waals surface area contributed by atoms with Crippen LogP contribution in [-0.2, 0) is 14.6 Å². The van der Waals surface area contributed by atoms with Crippen molar-refractivity contribution in [3.05, 3.63) is 28.7 Å². The maximum Gasteiger partial charge on any atom is 0.219 e. The van der Waals surface area contributed by atoms with Gasteiger partial charge in [-0.25, -0.2) is 8.42 Å². The van der Waals surface area contributed by atoms with Crippen LogP contribution in [0.5, 0.6) is 0 Å². The SMILES string of the molecule is CCNC(=NCCS(=O)(=O)c1ccc(Br)cc1)N1CCN(C(C)=O)CC1. The first-order valence-electron chi connectivity index (χ1n) is 8.60. The van der Waals surface area contributed by atoms with E-state index in [0.29, 0.717) is 43.6 Å². The molecule has 0 aliphatic carbocycles. The Morgan fingerprint density at radius 1 is 1.15 bits per heavy atom. The Morgan fingerprint density at radius 3 is 2.27 bits per heavy atom. The predicted octanol–water partition coefficient (Wildman–Crippen LogP) is 1.35. The minimum Gasteiger partial charge on any atom is -0.357 e. The molecule has 1 heterocycles. The van der Waals surface area contributed by atoms with E-state index < -0.39 is 9.84 Å². The van der Waals surface area contributed by atoms with Gasteiger partial charge in [-0.2, -0.15) is 0 Å². The highest BCUT2D eigenvalue weighted by Gasteiger charge is 2.21. The van der Waals surface area contributed by atoms with Crippen molar-refractivity contribution in [2.75, 3.05) is 45.0 Å². The third kappa shape index (κ3) is 5.70. The van der Waals surface area contributed by atoms with Gasteiger partial charge in [-0.1, -0.05) is 15.9 Å². The van der Waals surface area contributed by atoms with E-state index >= 15 is 0 Å². The highest BCUT2D eigenvalue weighted by molar-refractivity contribution is 9.10. The molecule has 2 rings (SSSR count). The Bertz CT molecular complexity index is 742. The minimum absolute atomic E-state index is 0.0447. The van der Waals surface area contributed by atoms with Crippen molar-refractivity contribution in [2.24, 2.45) is 4.99 Å². The summed E-state index contributed by atoms with van der Waals surface area (Å²) in [5.41, 5.74) is 0. The van der Waals surface area contributed by atoms with Gasteiger partial charge in [-0.3, -0.25) is 9.79 Å². The third-order valence-electron chi connectivity index (χ3n) is 4.15. The molecule has 1 aromatic rings. The monoisotopic (exact) mass is 444 g/mol. The summed E-state index contributed by atoms with van der Waals surface area (Å²) in [6.45, 7) is 7.10. The van der Waals surface area contributed by atoms with Crippen LogP contribution in [0.2, 0.25) is 0 Å². The Labute approximate surface area is 163 Å². The molecule has 1 aliphatic rings. The number of amides is 1. The van der Waals surface area contributed by atoms with Crippen molar-refractivity contribution in [1.82, 2.24) is 15.1 Å². The summed E-state index contributed by atoms with van der Waals surface area (Å²) in [4.78, 5) is 20.1. The molecule has 0 atom stereocenters. The van der Waals surface area contributed by atoms with E-state index in [-0.39, 0.29) is 18.2 Å². The van der Waals surface area contributed by atoms with Crippen LogP contribution in [0.3, 0.4) is 0 Å². The molecule has 0 saturated carbocycles. The lowest BCUT2D eigenvalue weighted by Crippen LogP contribution is -2.53. The van der Waals surface area contributed by atoms with Crippen LogP contribution >= 0.6 is 15.9 Å². The number of sulfone groups is 1. The maximum absolute atomic E-state index is 12.4. The van der Waals surface area contributed by atoms with Crippen molar-refractivity contribution >= 4 is 37.6 Å². The summed E-state index contributed by atoms with van der Waals surface area (Å²) in [5, 5.41) is 3.20. The number of aliphatic imine (C=N–C) groups is 1. The Balaban J connectivity index is 1.98. The van der Waals surface area contributed by atoms with E-state index in [9.17, 15) is 13.2 Å². The first-order valence-corrected chi connectivity index (χ1v) is 11.0. The fourth-order valence-corrected chi connectivity index (χ4v) is 4.07. The van der Waals surface area contributed by atoms with Crippen LogP contribution in [0.15, 0.2) is 38.6 Å². The van der Waals surface area contributed by atoms with Crippen LogP contribution in [0.4, 0.5) is 0 Å². The molecule has 26 heavy (non-hydrogen) atoms. The molecule has 0 bridgehead atoms. The normalized spacial score (nSPS) is 15.9. The zero-order valence-electron chi connectivity index (χ0n) is 15.1. The number of hydrogen-bond donors (Lipinski definition) is 1. The zero-order valence-corrected chi connectivity index (χ0v) is 17.5. The Hall–Kier alpha value is -1.61. The number of nitrogens with zero attached hydrogens (tertiary/aromatic N) is 3. The first kappa shape index (κ1) is 20.7. The number of hydrogen-bond acceptors (Lipinski definition) is 4. The van der Waals surface area contributed by atoms with Gasteiger partial charge in [0.2, 0.25) is 5.91 Å². The summed E-state index contributed by atoms with van der Waals surface area (Å²) in [6, 6.07) is 6.62. The molecular weight excluding hydrogens is 420 g/mol. The molecular formula is C17H25BrN4O3S. The van der Waals surface area contributed by atoms with Gasteiger partial charge in [0.05, 0.1) is 17.2 Å². The highest BCUT2D eigenvalue weighted by Crippen LogP contribution is 2.16. The Morgan fingerprint density at radius 2 is 1.73 bits per heavy atom. The topological polar surface area (TPSA) is 82.1 Å². The predicted molar refractivity (Wildman–Crippen MR) is 106 cm³/mol. The van der Waals surface area contributed by atoms with Crippen molar-refractivity contribution in [3.63, 3.8) is 0 Å². The number of benzene rings is 1. The average molecular weight is 445 g/mol. The van der Waals surface area contributed by atoms with Crippen molar-refractivity contribution < 1.29 is 13.2 Å². The second-order valence-corrected chi connectivity index (χ2v) is 9.03. The van der Waals surface area contributed by atoms with Gasteiger partial charge in [0.25, 0.3) is 0 Å². The summed E-state index contributed by atoms with van der Waals surface area (Å²) in [6.07, 6.45) is 0. The standard InChI is InChI=1S/C17H25BrN4O3S/c1-3-19-17(22-11-9-21(10-12-22)14(2)23)20-8-13-26(24,25)16-6-4-15(18)5-7-16/h4-7H,3,8-13H2,1-2H3,(H,19,20). The molecule has 1 amide bonds. The minimum atomic E-state index is -3.37. The van der Waals surface area contributed by atoms with Gasteiger partial charge < -0.3 is 15.1 Å². The van der Waals surface area contributed by atoms with E-state index in [1.54, 1.807) is 36.1 Å². The molecule has 144 valence electrons. The number of halogens is 1. The van der Waals surface area contributed by atoms with Gasteiger partial charge in [-0.05, 0) is 31.2 Å². The molecule has 1 aromatic carbocycles. The van der Waals surface area contributed by atoms with Gasteiger partial charge in [0.15, 0.2) is 15.8 Å². The van der Waals surface area contributed by atoms with Gasteiger partial charge >= 0.3 is 0 Å². The molecule has 0 spiro atoms.